The van der Waals surface area contributed by atoms with Crippen molar-refractivity contribution in [3.63, 3.8) is 0 Å². The van der Waals surface area contributed by atoms with Crippen LogP contribution in [0.25, 0.3) is 0 Å². The number of benzene rings is 2. The minimum atomic E-state index is -1.03. The number of esters is 1. The maximum atomic E-state index is 12.8. The number of halogens is 1. The van der Waals surface area contributed by atoms with Gasteiger partial charge in [-0.05, 0) is 38.0 Å². The highest BCUT2D eigenvalue weighted by atomic mass is 35.5. The van der Waals surface area contributed by atoms with Gasteiger partial charge in [-0.1, -0.05) is 29.8 Å². The smallest absolute Gasteiger partial charge is 0.340 e. The molecular formula is C19H17ClN2O5. The summed E-state index contributed by atoms with van der Waals surface area (Å²) in [6, 6.07) is 11.0. The van der Waals surface area contributed by atoms with E-state index >= 15 is 0 Å². The van der Waals surface area contributed by atoms with Crippen molar-refractivity contribution in [3.05, 3.63) is 68.7 Å². The maximum Gasteiger partial charge on any atom is 0.340 e. The average molecular weight is 389 g/mol. The van der Waals surface area contributed by atoms with E-state index in [1.54, 1.807) is 4.90 Å². The van der Waals surface area contributed by atoms with Crippen molar-refractivity contribution in [1.82, 2.24) is 0 Å². The number of nitro benzene ring substituents is 1. The molecule has 0 radical (unpaired) electrons. The quantitative estimate of drug-likeness (QED) is 0.451. The van der Waals surface area contributed by atoms with Gasteiger partial charge in [0.1, 0.15) is 0 Å². The highest BCUT2D eigenvalue weighted by molar-refractivity contribution is 6.33. The molecule has 3 rings (SSSR count). The Morgan fingerprint density at radius 2 is 2.00 bits per heavy atom. The van der Waals surface area contributed by atoms with Gasteiger partial charge >= 0.3 is 5.97 Å². The van der Waals surface area contributed by atoms with Gasteiger partial charge in [-0.2, -0.15) is 0 Å². The first-order valence-corrected chi connectivity index (χ1v) is 8.73. The molecule has 2 atom stereocenters. The fourth-order valence-electron chi connectivity index (χ4n) is 3.15. The van der Waals surface area contributed by atoms with Gasteiger partial charge in [0.15, 0.2) is 6.10 Å². The molecule has 0 N–H and O–H groups in total. The SMILES string of the molecule is CC(OC(=O)c1ccc([N+](=O)[O-])cc1Cl)C(=O)N1c2ccccc2CC1C. The Kier molecular flexibility index (Phi) is 5.14. The van der Waals surface area contributed by atoms with Crippen molar-refractivity contribution < 1.29 is 19.2 Å². The third kappa shape index (κ3) is 3.64. The number of carbonyl (C=O) groups excluding carboxylic acids is 2. The Hall–Kier alpha value is -2.93. The molecule has 0 aromatic heterocycles. The molecule has 0 aliphatic carbocycles. The third-order valence-corrected chi connectivity index (χ3v) is 4.77. The van der Waals surface area contributed by atoms with E-state index < -0.39 is 17.0 Å². The predicted molar refractivity (Wildman–Crippen MR) is 100 cm³/mol. The second kappa shape index (κ2) is 7.36. The van der Waals surface area contributed by atoms with Gasteiger partial charge in [0.05, 0.1) is 15.5 Å². The van der Waals surface area contributed by atoms with E-state index in [4.69, 9.17) is 16.3 Å². The fraction of sp³-hybridized carbons (Fsp3) is 0.263. The van der Waals surface area contributed by atoms with Crippen molar-refractivity contribution in [2.75, 3.05) is 4.90 Å². The summed E-state index contributed by atoms with van der Waals surface area (Å²) in [6.45, 7) is 3.42. The summed E-state index contributed by atoms with van der Waals surface area (Å²) in [4.78, 5) is 37.0. The molecule has 2 unspecified atom stereocenters. The summed E-state index contributed by atoms with van der Waals surface area (Å²) in [5.74, 6) is -1.14. The van der Waals surface area contributed by atoms with Gasteiger partial charge in [-0.25, -0.2) is 4.79 Å². The summed E-state index contributed by atoms with van der Waals surface area (Å²) in [6.07, 6.45) is -0.297. The number of para-hydroxylation sites is 1. The molecule has 1 amide bonds. The molecule has 1 heterocycles. The molecule has 1 aliphatic heterocycles. The Morgan fingerprint density at radius 1 is 1.30 bits per heavy atom. The zero-order chi connectivity index (χ0) is 19.7. The Balaban J connectivity index is 1.75. The van der Waals surface area contributed by atoms with E-state index in [2.05, 4.69) is 0 Å². The maximum absolute atomic E-state index is 12.8. The van der Waals surface area contributed by atoms with Gasteiger partial charge in [-0.3, -0.25) is 14.9 Å². The number of hydrogen-bond acceptors (Lipinski definition) is 5. The van der Waals surface area contributed by atoms with Crippen molar-refractivity contribution in [2.45, 2.75) is 32.4 Å². The van der Waals surface area contributed by atoms with Crippen molar-refractivity contribution in [1.29, 1.82) is 0 Å². The fourth-order valence-corrected chi connectivity index (χ4v) is 3.41. The number of amides is 1. The van der Waals surface area contributed by atoms with Crippen LogP contribution in [0.15, 0.2) is 42.5 Å². The predicted octanol–water partition coefficient (Wildman–Crippen LogP) is 3.77. The van der Waals surface area contributed by atoms with Gasteiger partial charge in [0.2, 0.25) is 0 Å². The normalized spacial score (nSPS) is 16.6. The second-order valence-electron chi connectivity index (χ2n) is 6.36. The number of anilines is 1. The summed E-state index contributed by atoms with van der Waals surface area (Å²) < 4.78 is 5.27. The number of nitrogens with zero attached hydrogens (tertiary/aromatic N) is 2. The van der Waals surface area contributed by atoms with Gasteiger partial charge < -0.3 is 9.64 Å². The Labute approximate surface area is 160 Å². The lowest BCUT2D eigenvalue weighted by Crippen LogP contribution is -2.43. The van der Waals surface area contributed by atoms with Crippen LogP contribution in [0.3, 0.4) is 0 Å². The molecule has 8 heteroatoms. The Bertz CT molecular complexity index is 930. The lowest BCUT2D eigenvalue weighted by molar-refractivity contribution is -0.384. The lowest BCUT2D eigenvalue weighted by Gasteiger charge is -2.26. The first-order chi connectivity index (χ1) is 12.8. The summed E-state index contributed by atoms with van der Waals surface area (Å²) in [5, 5.41) is 10.7. The van der Waals surface area contributed by atoms with Crippen molar-refractivity contribution >= 4 is 34.9 Å². The van der Waals surface area contributed by atoms with Crippen LogP contribution in [0.5, 0.6) is 0 Å². The molecule has 2 aromatic carbocycles. The number of rotatable bonds is 4. The molecule has 0 saturated carbocycles. The van der Waals surface area contributed by atoms with Gasteiger partial charge in [0.25, 0.3) is 11.6 Å². The molecular weight excluding hydrogens is 372 g/mol. The monoisotopic (exact) mass is 388 g/mol. The topological polar surface area (TPSA) is 89.7 Å². The lowest BCUT2D eigenvalue weighted by atomic mass is 10.1. The molecule has 0 bridgehead atoms. The zero-order valence-corrected chi connectivity index (χ0v) is 15.5. The minimum absolute atomic E-state index is 0.0308. The summed E-state index contributed by atoms with van der Waals surface area (Å²) >= 11 is 5.95. The van der Waals surface area contributed by atoms with Crippen LogP contribution in [0.4, 0.5) is 11.4 Å². The van der Waals surface area contributed by atoms with Crippen LogP contribution < -0.4 is 4.90 Å². The number of ether oxygens (including phenoxy) is 1. The van der Waals surface area contributed by atoms with Gasteiger partial charge in [0, 0.05) is 23.9 Å². The summed E-state index contributed by atoms with van der Waals surface area (Å²) in [5.41, 5.74) is 1.61. The van der Waals surface area contributed by atoms with Crippen LogP contribution in [0.2, 0.25) is 5.02 Å². The molecule has 27 heavy (non-hydrogen) atoms. The van der Waals surface area contributed by atoms with Crippen LogP contribution in [0.1, 0.15) is 29.8 Å². The zero-order valence-electron chi connectivity index (χ0n) is 14.7. The molecule has 140 valence electrons. The first-order valence-electron chi connectivity index (χ1n) is 8.35. The largest absolute Gasteiger partial charge is 0.449 e. The van der Waals surface area contributed by atoms with E-state index in [9.17, 15) is 19.7 Å². The van der Waals surface area contributed by atoms with E-state index in [1.807, 2.05) is 31.2 Å². The second-order valence-corrected chi connectivity index (χ2v) is 6.77. The number of hydrogen-bond donors (Lipinski definition) is 0. The molecule has 0 spiro atoms. The van der Waals surface area contributed by atoms with Crippen molar-refractivity contribution in [3.8, 4) is 0 Å². The van der Waals surface area contributed by atoms with Crippen LogP contribution in [0, 0.1) is 10.1 Å². The first kappa shape index (κ1) is 18.8. The Morgan fingerprint density at radius 3 is 2.67 bits per heavy atom. The average Bonchev–Trinajstić information content (AvgIpc) is 2.96. The van der Waals surface area contributed by atoms with E-state index in [-0.39, 0.29) is 28.2 Å². The van der Waals surface area contributed by atoms with Crippen LogP contribution in [-0.4, -0.2) is 28.9 Å². The highest BCUT2D eigenvalue weighted by Crippen LogP contribution is 2.32. The molecule has 0 fully saturated rings. The van der Waals surface area contributed by atoms with Crippen molar-refractivity contribution in [2.24, 2.45) is 0 Å². The number of nitro groups is 1. The number of fused-ring (bicyclic) bond motifs is 1. The molecule has 1 aliphatic rings. The van der Waals surface area contributed by atoms with Crippen LogP contribution >= 0.6 is 11.6 Å². The standard InChI is InChI=1S/C19H17ClN2O5/c1-11-9-13-5-3-4-6-17(13)21(11)18(23)12(2)27-19(24)15-8-7-14(22(25)26)10-16(15)20/h3-8,10-12H,9H2,1-2H3. The van der Waals surface area contributed by atoms with E-state index in [0.29, 0.717) is 0 Å². The molecule has 0 saturated heterocycles. The van der Waals surface area contributed by atoms with E-state index in [0.717, 1.165) is 29.8 Å². The highest BCUT2D eigenvalue weighted by Gasteiger charge is 2.34. The minimum Gasteiger partial charge on any atom is -0.449 e. The molecule has 2 aromatic rings. The molecule has 7 nitrogen and oxygen atoms in total. The van der Waals surface area contributed by atoms with E-state index in [1.165, 1.54) is 13.0 Å². The van der Waals surface area contributed by atoms with Crippen LogP contribution in [-0.2, 0) is 16.0 Å². The summed E-state index contributed by atoms with van der Waals surface area (Å²) in [7, 11) is 0. The third-order valence-electron chi connectivity index (χ3n) is 4.46. The number of carbonyl (C=O) groups is 2. The number of non-ortho nitro benzene ring substituents is 1. The van der Waals surface area contributed by atoms with Gasteiger partial charge in [-0.15, -0.1) is 0 Å².